The zero-order chi connectivity index (χ0) is 10.3. The maximum atomic E-state index is 12.0. The maximum absolute atomic E-state index is 12.0. The van der Waals surface area contributed by atoms with Crippen molar-refractivity contribution in [3.05, 3.63) is 35.4 Å². The molecule has 0 N–H and O–H groups in total. The van der Waals surface area contributed by atoms with Crippen LogP contribution in [0.25, 0.3) is 0 Å². The van der Waals surface area contributed by atoms with Crippen LogP contribution in [0.5, 0.6) is 0 Å². The van der Waals surface area contributed by atoms with Crippen molar-refractivity contribution in [3.63, 3.8) is 0 Å². The first-order chi connectivity index (χ1) is 6.63. The Balaban J connectivity index is 2.56. The highest BCUT2D eigenvalue weighted by Gasteiger charge is 2.34. The van der Waals surface area contributed by atoms with E-state index in [1.165, 1.54) is 5.56 Å². The lowest BCUT2D eigenvalue weighted by atomic mass is 9.71. The Morgan fingerprint density at radius 3 is 2.36 bits per heavy atom. The fourth-order valence-corrected chi connectivity index (χ4v) is 2.32. The minimum absolute atomic E-state index is 0.167. The van der Waals surface area contributed by atoms with E-state index in [9.17, 15) is 4.79 Å². The van der Waals surface area contributed by atoms with Gasteiger partial charge in [0, 0.05) is 11.5 Å². The number of hydrogen-bond donors (Lipinski definition) is 0. The fourth-order valence-electron chi connectivity index (χ4n) is 2.32. The summed E-state index contributed by atoms with van der Waals surface area (Å²) in [5, 5.41) is 0. The normalized spacial score (nSPS) is 31.4. The summed E-state index contributed by atoms with van der Waals surface area (Å²) in [6.45, 7) is 6.43. The van der Waals surface area contributed by atoms with Gasteiger partial charge in [0.1, 0.15) is 0 Å². The monoisotopic (exact) mass is 188 g/mol. The lowest BCUT2D eigenvalue weighted by Crippen LogP contribution is -2.30. The largest absolute Gasteiger partial charge is 0.294 e. The molecule has 0 amide bonds. The van der Waals surface area contributed by atoms with Gasteiger partial charge in [-0.05, 0) is 17.4 Å². The van der Waals surface area contributed by atoms with E-state index >= 15 is 0 Å². The fraction of sp³-hybridized carbons (Fsp3) is 0.462. The SMILES string of the molecule is CC1C(=O)c2ccccc2C(C)C1C. The third-order valence-electron chi connectivity index (χ3n) is 3.71. The summed E-state index contributed by atoms with van der Waals surface area (Å²) in [4.78, 5) is 12.0. The molecule has 0 fully saturated rings. The smallest absolute Gasteiger partial charge is 0.166 e. The van der Waals surface area contributed by atoms with Crippen molar-refractivity contribution in [1.82, 2.24) is 0 Å². The topological polar surface area (TPSA) is 17.1 Å². The molecule has 0 heterocycles. The maximum Gasteiger partial charge on any atom is 0.166 e. The Morgan fingerprint density at radius 2 is 1.64 bits per heavy atom. The summed E-state index contributed by atoms with van der Waals surface area (Å²) in [6, 6.07) is 8.01. The minimum Gasteiger partial charge on any atom is -0.294 e. The molecule has 1 nitrogen and oxygen atoms in total. The van der Waals surface area contributed by atoms with Gasteiger partial charge in [-0.15, -0.1) is 0 Å². The van der Waals surface area contributed by atoms with Crippen LogP contribution in [0, 0.1) is 11.8 Å². The van der Waals surface area contributed by atoms with E-state index in [4.69, 9.17) is 0 Å². The Hall–Kier alpha value is -1.11. The van der Waals surface area contributed by atoms with Gasteiger partial charge >= 0.3 is 0 Å². The van der Waals surface area contributed by atoms with Gasteiger partial charge < -0.3 is 0 Å². The van der Waals surface area contributed by atoms with Gasteiger partial charge in [0.25, 0.3) is 0 Å². The highest BCUT2D eigenvalue weighted by molar-refractivity contribution is 6.00. The Labute approximate surface area is 85.1 Å². The number of benzene rings is 1. The third-order valence-corrected chi connectivity index (χ3v) is 3.71. The second-order valence-corrected chi connectivity index (χ2v) is 4.39. The first-order valence-electron chi connectivity index (χ1n) is 5.26. The van der Waals surface area contributed by atoms with Gasteiger partial charge in [0.2, 0.25) is 0 Å². The highest BCUT2D eigenvalue weighted by atomic mass is 16.1. The zero-order valence-corrected chi connectivity index (χ0v) is 8.95. The zero-order valence-electron chi connectivity index (χ0n) is 8.95. The highest BCUT2D eigenvalue weighted by Crippen LogP contribution is 2.38. The van der Waals surface area contributed by atoms with Crippen LogP contribution in [0.15, 0.2) is 24.3 Å². The molecule has 0 saturated heterocycles. The number of ketones is 1. The molecule has 2 rings (SSSR count). The van der Waals surface area contributed by atoms with Crippen LogP contribution in [-0.4, -0.2) is 5.78 Å². The van der Waals surface area contributed by atoms with Crippen LogP contribution in [0.4, 0.5) is 0 Å². The van der Waals surface area contributed by atoms with Crippen molar-refractivity contribution >= 4 is 5.78 Å². The lowest BCUT2D eigenvalue weighted by Gasteiger charge is -2.32. The molecule has 3 unspecified atom stereocenters. The minimum atomic E-state index is 0.167. The van der Waals surface area contributed by atoms with Gasteiger partial charge in [0.15, 0.2) is 5.78 Å². The molecular formula is C13H16O. The van der Waals surface area contributed by atoms with E-state index in [1.807, 2.05) is 25.1 Å². The summed E-state index contributed by atoms with van der Waals surface area (Å²) in [5.41, 5.74) is 2.16. The molecule has 1 heteroatoms. The van der Waals surface area contributed by atoms with Crippen molar-refractivity contribution in [2.75, 3.05) is 0 Å². The van der Waals surface area contributed by atoms with E-state index in [2.05, 4.69) is 19.9 Å². The van der Waals surface area contributed by atoms with Crippen molar-refractivity contribution in [3.8, 4) is 0 Å². The molecular weight excluding hydrogens is 172 g/mol. The Kier molecular flexibility index (Phi) is 2.18. The molecule has 0 spiro atoms. The summed E-state index contributed by atoms with van der Waals surface area (Å²) in [5.74, 6) is 1.43. The summed E-state index contributed by atoms with van der Waals surface area (Å²) >= 11 is 0. The van der Waals surface area contributed by atoms with Crippen molar-refractivity contribution in [2.45, 2.75) is 26.7 Å². The average Bonchev–Trinajstić information content (AvgIpc) is 2.23. The molecule has 1 aliphatic rings. The average molecular weight is 188 g/mol. The van der Waals surface area contributed by atoms with E-state index in [0.29, 0.717) is 17.6 Å². The molecule has 0 bridgehead atoms. The van der Waals surface area contributed by atoms with E-state index in [-0.39, 0.29) is 5.92 Å². The Morgan fingerprint density at radius 1 is 1.00 bits per heavy atom. The number of rotatable bonds is 0. The number of carbonyl (C=O) groups is 1. The van der Waals surface area contributed by atoms with Crippen LogP contribution in [-0.2, 0) is 0 Å². The first kappa shape index (κ1) is 9.45. The van der Waals surface area contributed by atoms with Gasteiger partial charge in [0.05, 0.1) is 0 Å². The van der Waals surface area contributed by atoms with Gasteiger partial charge in [-0.1, -0.05) is 45.0 Å². The van der Waals surface area contributed by atoms with Crippen LogP contribution in [0.3, 0.4) is 0 Å². The molecule has 0 aromatic heterocycles. The molecule has 0 saturated carbocycles. The van der Waals surface area contributed by atoms with Gasteiger partial charge in [-0.25, -0.2) is 0 Å². The molecule has 0 radical (unpaired) electrons. The molecule has 74 valence electrons. The van der Waals surface area contributed by atoms with E-state index in [0.717, 1.165) is 5.56 Å². The van der Waals surface area contributed by atoms with Crippen molar-refractivity contribution < 1.29 is 4.79 Å². The first-order valence-corrected chi connectivity index (χ1v) is 5.26. The predicted molar refractivity (Wildman–Crippen MR) is 57.5 cm³/mol. The number of carbonyl (C=O) groups excluding carboxylic acids is 1. The predicted octanol–water partition coefficient (Wildman–Crippen LogP) is 3.26. The van der Waals surface area contributed by atoms with Crippen molar-refractivity contribution in [2.24, 2.45) is 11.8 Å². The quantitative estimate of drug-likeness (QED) is 0.610. The molecule has 14 heavy (non-hydrogen) atoms. The molecule has 1 aliphatic carbocycles. The summed E-state index contributed by atoms with van der Waals surface area (Å²) in [6.07, 6.45) is 0. The van der Waals surface area contributed by atoms with Crippen LogP contribution in [0.1, 0.15) is 42.6 Å². The van der Waals surface area contributed by atoms with Crippen LogP contribution >= 0.6 is 0 Å². The standard InChI is InChI=1S/C13H16O/c1-8-9(2)11-6-4-5-7-12(11)13(14)10(8)3/h4-10H,1-3H3. The van der Waals surface area contributed by atoms with Crippen LogP contribution in [0.2, 0.25) is 0 Å². The molecule has 1 aromatic carbocycles. The van der Waals surface area contributed by atoms with Crippen molar-refractivity contribution in [1.29, 1.82) is 0 Å². The molecule has 3 atom stereocenters. The van der Waals surface area contributed by atoms with E-state index in [1.54, 1.807) is 0 Å². The van der Waals surface area contributed by atoms with E-state index < -0.39 is 0 Å². The second-order valence-electron chi connectivity index (χ2n) is 4.39. The van der Waals surface area contributed by atoms with Gasteiger partial charge in [-0.2, -0.15) is 0 Å². The van der Waals surface area contributed by atoms with Crippen LogP contribution < -0.4 is 0 Å². The molecule has 1 aromatic rings. The number of Topliss-reactive ketones (excluding diaryl/α,β-unsaturated/α-hetero) is 1. The number of fused-ring (bicyclic) bond motifs is 1. The third kappa shape index (κ3) is 1.19. The van der Waals surface area contributed by atoms with Gasteiger partial charge in [-0.3, -0.25) is 4.79 Å². The second kappa shape index (κ2) is 3.23. The summed E-state index contributed by atoms with van der Waals surface area (Å²) < 4.78 is 0. The molecule has 0 aliphatic heterocycles. The Bertz CT molecular complexity index is 367. The summed E-state index contributed by atoms with van der Waals surface area (Å²) in [7, 11) is 0. The number of hydrogen-bond acceptors (Lipinski definition) is 1. The lowest BCUT2D eigenvalue weighted by molar-refractivity contribution is 0.0861.